The summed E-state index contributed by atoms with van der Waals surface area (Å²) >= 11 is 0. The molecular weight excluding hydrogens is 396 g/mol. The van der Waals surface area contributed by atoms with Crippen molar-refractivity contribution in [3.63, 3.8) is 0 Å². The third-order valence-electron chi connectivity index (χ3n) is 6.43. The summed E-state index contributed by atoms with van der Waals surface area (Å²) in [4.78, 5) is 7.43. The molecule has 0 aliphatic carbocycles. The van der Waals surface area contributed by atoms with E-state index in [0.29, 0.717) is 0 Å². The van der Waals surface area contributed by atoms with Crippen LogP contribution in [0.2, 0.25) is 0 Å². The fourth-order valence-corrected chi connectivity index (χ4v) is 4.76. The first-order chi connectivity index (χ1) is 15.8. The Labute approximate surface area is 189 Å². The minimum Gasteiger partial charge on any atom is -0.394 e. The van der Waals surface area contributed by atoms with Crippen molar-refractivity contribution in [3.8, 4) is 22.4 Å². The molecule has 5 rings (SSSR count). The number of nitrogens with zero attached hydrogens (tertiary/aromatic N) is 4. The van der Waals surface area contributed by atoms with E-state index in [1.807, 2.05) is 16.6 Å². The zero-order valence-electron chi connectivity index (χ0n) is 18.6. The van der Waals surface area contributed by atoms with Crippen molar-refractivity contribution in [2.45, 2.75) is 45.1 Å². The van der Waals surface area contributed by atoms with Gasteiger partial charge in [0.15, 0.2) is 5.65 Å². The summed E-state index contributed by atoms with van der Waals surface area (Å²) in [5.41, 5.74) is 6.41. The van der Waals surface area contributed by atoms with Gasteiger partial charge in [0, 0.05) is 23.7 Å². The highest BCUT2D eigenvalue weighted by Crippen LogP contribution is 2.35. The number of benzene rings is 2. The molecule has 4 aromatic rings. The van der Waals surface area contributed by atoms with Crippen molar-refractivity contribution in [2.24, 2.45) is 0 Å². The van der Waals surface area contributed by atoms with E-state index in [9.17, 15) is 5.11 Å². The normalized spacial score (nSPS) is 16.2. The number of unbranched alkanes of at least 4 members (excludes halogenated alkanes) is 1. The molecular formula is C27H30N4O. The van der Waals surface area contributed by atoms with Gasteiger partial charge in [-0.15, -0.1) is 0 Å². The Morgan fingerprint density at radius 1 is 1.00 bits per heavy atom. The van der Waals surface area contributed by atoms with Gasteiger partial charge in [-0.2, -0.15) is 5.10 Å². The van der Waals surface area contributed by atoms with E-state index in [2.05, 4.69) is 66.4 Å². The molecule has 164 valence electrons. The highest BCUT2D eigenvalue weighted by atomic mass is 16.3. The molecule has 1 aliphatic heterocycles. The van der Waals surface area contributed by atoms with E-state index in [4.69, 9.17) is 10.1 Å². The number of hydrogen-bond acceptors (Lipinski definition) is 4. The zero-order chi connectivity index (χ0) is 21.9. The second-order valence-electron chi connectivity index (χ2n) is 8.56. The van der Waals surface area contributed by atoms with Gasteiger partial charge in [-0.1, -0.05) is 74.0 Å². The van der Waals surface area contributed by atoms with Crippen LogP contribution >= 0.6 is 0 Å². The number of fused-ring (bicyclic) bond motifs is 1. The summed E-state index contributed by atoms with van der Waals surface area (Å²) in [5, 5.41) is 15.0. The maximum Gasteiger partial charge on any atom is 0.166 e. The molecule has 3 heterocycles. The summed E-state index contributed by atoms with van der Waals surface area (Å²) in [6, 6.07) is 23.2. The molecule has 32 heavy (non-hydrogen) atoms. The Balaban J connectivity index is 1.78. The lowest BCUT2D eigenvalue weighted by molar-refractivity contribution is 0.266. The maximum absolute atomic E-state index is 9.94. The van der Waals surface area contributed by atoms with E-state index in [0.717, 1.165) is 78.2 Å². The van der Waals surface area contributed by atoms with Crippen LogP contribution in [0.25, 0.3) is 28.0 Å². The molecule has 0 amide bonds. The van der Waals surface area contributed by atoms with Crippen LogP contribution in [-0.4, -0.2) is 38.9 Å². The van der Waals surface area contributed by atoms with Crippen LogP contribution in [-0.2, 0) is 6.42 Å². The Kier molecular flexibility index (Phi) is 5.91. The average Bonchev–Trinajstić information content (AvgIpc) is 3.47. The molecule has 1 aliphatic rings. The Bertz CT molecular complexity index is 1190. The predicted octanol–water partition coefficient (Wildman–Crippen LogP) is 5.37. The number of aromatic nitrogens is 3. The largest absolute Gasteiger partial charge is 0.394 e. The smallest absolute Gasteiger partial charge is 0.166 e. The summed E-state index contributed by atoms with van der Waals surface area (Å²) in [7, 11) is 0. The molecule has 5 nitrogen and oxygen atoms in total. The van der Waals surface area contributed by atoms with Gasteiger partial charge in [-0.3, -0.25) is 0 Å². The van der Waals surface area contributed by atoms with E-state index >= 15 is 0 Å². The summed E-state index contributed by atoms with van der Waals surface area (Å²) in [6.45, 7) is 3.28. The van der Waals surface area contributed by atoms with Crippen LogP contribution in [0.5, 0.6) is 0 Å². The Hall–Kier alpha value is -3.18. The van der Waals surface area contributed by atoms with Gasteiger partial charge < -0.3 is 10.0 Å². The lowest BCUT2D eigenvalue weighted by Crippen LogP contribution is -2.32. The van der Waals surface area contributed by atoms with Gasteiger partial charge in [-0.05, 0) is 31.2 Å². The zero-order valence-corrected chi connectivity index (χ0v) is 18.6. The van der Waals surface area contributed by atoms with Crippen molar-refractivity contribution in [2.75, 3.05) is 18.1 Å². The van der Waals surface area contributed by atoms with E-state index in [1.165, 1.54) is 0 Å². The molecule has 0 bridgehead atoms. The molecule has 0 spiro atoms. The second kappa shape index (κ2) is 9.13. The van der Waals surface area contributed by atoms with Crippen LogP contribution in [0.3, 0.4) is 0 Å². The number of anilines is 1. The number of aryl methyl sites for hydroxylation is 1. The SMILES string of the molecule is CCCCc1nn2c(-c3ccccc3)cc(N3CCC[C@H]3CO)nc2c1-c1ccccc1. The van der Waals surface area contributed by atoms with Gasteiger partial charge in [0.25, 0.3) is 0 Å². The predicted molar refractivity (Wildman–Crippen MR) is 130 cm³/mol. The first-order valence-electron chi connectivity index (χ1n) is 11.7. The van der Waals surface area contributed by atoms with Crippen molar-refractivity contribution >= 4 is 11.5 Å². The van der Waals surface area contributed by atoms with Crippen LogP contribution in [0.1, 0.15) is 38.3 Å². The lowest BCUT2D eigenvalue weighted by atomic mass is 10.0. The standard InChI is InChI=1S/C27H30N4O/c1-2-3-16-23-26(21-13-8-5-9-14-21)27-28-25(30-17-10-15-22(30)19-32)18-24(31(27)29-23)20-11-6-4-7-12-20/h4-9,11-14,18,22,32H,2-3,10,15-17,19H2,1H3/t22-/m0/s1. The molecule has 0 saturated carbocycles. The molecule has 2 aromatic heterocycles. The van der Waals surface area contributed by atoms with Gasteiger partial charge in [0.05, 0.1) is 24.0 Å². The average molecular weight is 427 g/mol. The molecule has 5 heteroatoms. The first kappa shape index (κ1) is 20.7. The number of aliphatic hydroxyl groups excluding tert-OH is 1. The number of aliphatic hydroxyl groups is 1. The Morgan fingerprint density at radius 2 is 1.72 bits per heavy atom. The minimum absolute atomic E-state index is 0.122. The fourth-order valence-electron chi connectivity index (χ4n) is 4.76. The number of hydrogen-bond donors (Lipinski definition) is 1. The van der Waals surface area contributed by atoms with Crippen molar-refractivity contribution in [1.82, 2.24) is 14.6 Å². The van der Waals surface area contributed by atoms with Gasteiger partial charge in [0.2, 0.25) is 0 Å². The second-order valence-corrected chi connectivity index (χ2v) is 8.56. The molecule has 1 fully saturated rings. The topological polar surface area (TPSA) is 53.7 Å². The van der Waals surface area contributed by atoms with Gasteiger partial charge >= 0.3 is 0 Å². The lowest BCUT2D eigenvalue weighted by Gasteiger charge is -2.25. The molecule has 1 N–H and O–H groups in total. The minimum atomic E-state index is 0.122. The van der Waals surface area contributed by atoms with Crippen molar-refractivity contribution in [3.05, 3.63) is 72.4 Å². The molecule has 1 atom stereocenters. The maximum atomic E-state index is 9.94. The number of rotatable bonds is 7. The van der Waals surface area contributed by atoms with Crippen molar-refractivity contribution in [1.29, 1.82) is 0 Å². The van der Waals surface area contributed by atoms with Crippen LogP contribution in [0, 0.1) is 0 Å². The highest BCUT2D eigenvalue weighted by Gasteiger charge is 2.27. The van der Waals surface area contributed by atoms with Gasteiger partial charge in [0.1, 0.15) is 5.82 Å². The highest BCUT2D eigenvalue weighted by molar-refractivity contribution is 5.83. The van der Waals surface area contributed by atoms with Crippen LogP contribution in [0.4, 0.5) is 5.82 Å². The quantitative estimate of drug-likeness (QED) is 0.432. The third kappa shape index (κ3) is 3.78. The van der Waals surface area contributed by atoms with Gasteiger partial charge in [-0.25, -0.2) is 9.50 Å². The Morgan fingerprint density at radius 3 is 2.41 bits per heavy atom. The van der Waals surface area contributed by atoms with E-state index in [1.54, 1.807) is 0 Å². The van der Waals surface area contributed by atoms with E-state index in [-0.39, 0.29) is 12.6 Å². The van der Waals surface area contributed by atoms with Crippen LogP contribution < -0.4 is 4.90 Å². The van der Waals surface area contributed by atoms with Crippen LogP contribution in [0.15, 0.2) is 66.7 Å². The molecule has 1 saturated heterocycles. The summed E-state index contributed by atoms with van der Waals surface area (Å²) in [5.74, 6) is 0.923. The molecule has 2 aromatic carbocycles. The monoisotopic (exact) mass is 426 g/mol. The summed E-state index contributed by atoms with van der Waals surface area (Å²) in [6.07, 6.45) is 5.22. The van der Waals surface area contributed by atoms with E-state index < -0.39 is 0 Å². The molecule has 0 radical (unpaired) electrons. The molecule has 0 unspecified atom stereocenters. The fraction of sp³-hybridized carbons (Fsp3) is 0.333. The van der Waals surface area contributed by atoms with Crippen molar-refractivity contribution < 1.29 is 5.11 Å². The third-order valence-corrected chi connectivity index (χ3v) is 6.43. The first-order valence-corrected chi connectivity index (χ1v) is 11.7. The summed E-state index contributed by atoms with van der Waals surface area (Å²) < 4.78 is 2.02.